The number of aromatic nitrogens is 2. The van der Waals surface area contributed by atoms with Crippen molar-refractivity contribution in [3.8, 4) is 11.1 Å². The molecular formula is C21H24N4O. The fraction of sp³-hybridized carbons (Fsp3) is 0.333. The Balaban J connectivity index is 1.88. The molecule has 2 aromatic heterocycles. The molecule has 0 saturated heterocycles. The van der Waals surface area contributed by atoms with Crippen LogP contribution in [0.15, 0.2) is 30.6 Å². The molecule has 0 aliphatic carbocycles. The SMILES string of the molecule is Cc1c[nH]c2ncc(-c3cc4c(c(CN(C)C)c3)C(=O)N(C)CC4)cc12. The second-order valence-corrected chi connectivity index (χ2v) is 7.48. The van der Waals surface area contributed by atoms with Gasteiger partial charge in [0.05, 0.1) is 0 Å². The van der Waals surface area contributed by atoms with Crippen LogP contribution in [-0.4, -0.2) is 53.4 Å². The first kappa shape index (κ1) is 16.8. The summed E-state index contributed by atoms with van der Waals surface area (Å²) in [5, 5.41) is 1.14. The van der Waals surface area contributed by atoms with Crippen molar-refractivity contribution in [3.05, 3.63) is 52.8 Å². The van der Waals surface area contributed by atoms with Gasteiger partial charge < -0.3 is 14.8 Å². The van der Waals surface area contributed by atoms with Crippen molar-refractivity contribution in [2.45, 2.75) is 19.9 Å². The number of nitrogens with zero attached hydrogens (tertiary/aromatic N) is 3. The van der Waals surface area contributed by atoms with Gasteiger partial charge in [0, 0.05) is 49.0 Å². The monoisotopic (exact) mass is 348 g/mol. The van der Waals surface area contributed by atoms with Crippen LogP contribution in [0, 0.1) is 6.92 Å². The van der Waals surface area contributed by atoms with E-state index < -0.39 is 0 Å². The largest absolute Gasteiger partial charge is 0.346 e. The van der Waals surface area contributed by atoms with E-state index in [1.54, 1.807) is 0 Å². The van der Waals surface area contributed by atoms with Gasteiger partial charge in [-0.25, -0.2) is 4.98 Å². The molecule has 0 fully saturated rings. The Morgan fingerprint density at radius 2 is 2.04 bits per heavy atom. The molecule has 1 aliphatic heterocycles. The Morgan fingerprint density at radius 3 is 2.81 bits per heavy atom. The summed E-state index contributed by atoms with van der Waals surface area (Å²) in [6, 6.07) is 6.51. The van der Waals surface area contributed by atoms with Gasteiger partial charge in [0.25, 0.3) is 5.91 Å². The second-order valence-electron chi connectivity index (χ2n) is 7.48. The molecule has 3 aromatic rings. The number of hydrogen-bond donors (Lipinski definition) is 1. The van der Waals surface area contributed by atoms with Crippen LogP contribution < -0.4 is 0 Å². The Hall–Kier alpha value is -2.66. The molecule has 1 aliphatic rings. The molecule has 1 N–H and O–H groups in total. The number of benzene rings is 1. The number of carbonyl (C=O) groups excluding carboxylic acids is 1. The normalized spacial score (nSPS) is 14.3. The second kappa shape index (κ2) is 6.25. The van der Waals surface area contributed by atoms with Gasteiger partial charge in [0.1, 0.15) is 5.65 Å². The van der Waals surface area contributed by atoms with Gasteiger partial charge in [-0.05, 0) is 61.8 Å². The first-order valence-corrected chi connectivity index (χ1v) is 8.94. The quantitative estimate of drug-likeness (QED) is 0.791. The number of carbonyl (C=O) groups is 1. The fourth-order valence-electron chi connectivity index (χ4n) is 3.74. The van der Waals surface area contributed by atoms with Crippen LogP contribution in [0.4, 0.5) is 0 Å². The Kier molecular flexibility index (Phi) is 4.04. The molecule has 1 aromatic carbocycles. The van der Waals surface area contributed by atoms with Crippen LogP contribution in [0.3, 0.4) is 0 Å². The number of nitrogens with one attached hydrogen (secondary N) is 1. The first-order valence-electron chi connectivity index (χ1n) is 8.94. The van der Waals surface area contributed by atoms with Crippen LogP contribution in [0.25, 0.3) is 22.2 Å². The zero-order chi connectivity index (χ0) is 18.4. The number of hydrogen-bond acceptors (Lipinski definition) is 3. The van der Waals surface area contributed by atoms with Crippen LogP contribution >= 0.6 is 0 Å². The molecule has 26 heavy (non-hydrogen) atoms. The molecule has 0 spiro atoms. The Morgan fingerprint density at radius 1 is 1.23 bits per heavy atom. The zero-order valence-corrected chi connectivity index (χ0v) is 15.8. The third-order valence-electron chi connectivity index (χ3n) is 5.14. The molecule has 0 radical (unpaired) electrons. The average Bonchev–Trinajstić information content (AvgIpc) is 2.98. The number of rotatable bonds is 3. The molecule has 4 rings (SSSR count). The van der Waals surface area contributed by atoms with Crippen LogP contribution in [-0.2, 0) is 13.0 Å². The van der Waals surface area contributed by atoms with Crippen molar-refractivity contribution in [2.75, 3.05) is 27.7 Å². The number of aryl methyl sites for hydroxylation is 1. The minimum Gasteiger partial charge on any atom is -0.346 e. The lowest BCUT2D eigenvalue weighted by Gasteiger charge is -2.28. The minimum atomic E-state index is 0.129. The van der Waals surface area contributed by atoms with Gasteiger partial charge >= 0.3 is 0 Å². The van der Waals surface area contributed by atoms with Crippen molar-refractivity contribution in [1.82, 2.24) is 19.8 Å². The van der Waals surface area contributed by atoms with E-state index in [-0.39, 0.29) is 5.91 Å². The summed E-state index contributed by atoms with van der Waals surface area (Å²) >= 11 is 0. The summed E-state index contributed by atoms with van der Waals surface area (Å²) in [5.41, 5.74) is 7.44. The summed E-state index contributed by atoms with van der Waals surface area (Å²) in [6.07, 6.45) is 4.79. The number of aromatic amines is 1. The maximum Gasteiger partial charge on any atom is 0.254 e. The molecule has 3 heterocycles. The summed E-state index contributed by atoms with van der Waals surface area (Å²) in [4.78, 5) is 24.4. The highest BCUT2D eigenvalue weighted by atomic mass is 16.2. The van der Waals surface area contributed by atoms with E-state index in [0.717, 1.165) is 58.4 Å². The molecule has 5 nitrogen and oxygen atoms in total. The predicted molar refractivity (Wildman–Crippen MR) is 104 cm³/mol. The van der Waals surface area contributed by atoms with Gasteiger partial charge in [-0.15, -0.1) is 0 Å². The van der Waals surface area contributed by atoms with E-state index in [4.69, 9.17) is 0 Å². The van der Waals surface area contributed by atoms with E-state index in [1.807, 2.05) is 38.4 Å². The summed E-state index contributed by atoms with van der Waals surface area (Å²) in [7, 11) is 5.95. The lowest BCUT2D eigenvalue weighted by molar-refractivity contribution is 0.0779. The summed E-state index contributed by atoms with van der Waals surface area (Å²) < 4.78 is 0. The number of amides is 1. The lowest BCUT2D eigenvalue weighted by atomic mass is 9.90. The van der Waals surface area contributed by atoms with Crippen LogP contribution in [0.5, 0.6) is 0 Å². The highest BCUT2D eigenvalue weighted by Gasteiger charge is 2.25. The van der Waals surface area contributed by atoms with E-state index >= 15 is 0 Å². The summed E-state index contributed by atoms with van der Waals surface area (Å²) in [5.74, 6) is 0.129. The third kappa shape index (κ3) is 2.78. The zero-order valence-electron chi connectivity index (χ0n) is 15.8. The van der Waals surface area contributed by atoms with Crippen molar-refractivity contribution >= 4 is 16.9 Å². The Bertz CT molecular complexity index is 1000. The van der Waals surface area contributed by atoms with Crippen molar-refractivity contribution < 1.29 is 4.79 Å². The van der Waals surface area contributed by atoms with Crippen molar-refractivity contribution in [1.29, 1.82) is 0 Å². The van der Waals surface area contributed by atoms with Gasteiger partial charge in [-0.3, -0.25) is 4.79 Å². The topological polar surface area (TPSA) is 52.2 Å². The molecule has 5 heteroatoms. The van der Waals surface area contributed by atoms with Crippen molar-refractivity contribution in [2.24, 2.45) is 0 Å². The highest BCUT2D eigenvalue weighted by Crippen LogP contribution is 2.31. The highest BCUT2D eigenvalue weighted by molar-refractivity contribution is 5.99. The van der Waals surface area contributed by atoms with Gasteiger partial charge in [-0.2, -0.15) is 0 Å². The molecule has 0 saturated carbocycles. The molecule has 0 bridgehead atoms. The Labute approximate surface area is 153 Å². The predicted octanol–water partition coefficient (Wildman–Crippen LogP) is 3.23. The molecular weight excluding hydrogens is 324 g/mol. The number of likely N-dealkylation sites (N-methyl/N-ethyl adjacent to an activating group) is 1. The first-order chi connectivity index (χ1) is 12.4. The number of fused-ring (bicyclic) bond motifs is 2. The maximum atomic E-state index is 12.7. The van der Waals surface area contributed by atoms with Crippen LogP contribution in [0.2, 0.25) is 0 Å². The molecule has 0 unspecified atom stereocenters. The molecule has 134 valence electrons. The standard InChI is InChI=1S/C21H24N4O/c1-13-10-22-20-18(13)9-16(11-23-20)15-7-14-5-6-25(4)21(26)19(14)17(8-15)12-24(2)3/h7-11H,5-6,12H2,1-4H3,(H,22,23). The average molecular weight is 348 g/mol. The van der Waals surface area contributed by atoms with E-state index in [2.05, 4.69) is 40.0 Å². The fourth-order valence-corrected chi connectivity index (χ4v) is 3.74. The van der Waals surface area contributed by atoms with E-state index in [1.165, 1.54) is 5.56 Å². The lowest BCUT2D eigenvalue weighted by Crippen LogP contribution is -2.35. The molecule has 1 amide bonds. The third-order valence-corrected chi connectivity index (χ3v) is 5.14. The minimum absolute atomic E-state index is 0.129. The molecule has 0 atom stereocenters. The van der Waals surface area contributed by atoms with Crippen LogP contribution in [0.1, 0.15) is 27.0 Å². The summed E-state index contributed by atoms with van der Waals surface area (Å²) in [6.45, 7) is 3.60. The smallest absolute Gasteiger partial charge is 0.254 e. The number of pyridine rings is 1. The maximum absolute atomic E-state index is 12.7. The van der Waals surface area contributed by atoms with E-state index in [0.29, 0.717) is 0 Å². The van der Waals surface area contributed by atoms with Gasteiger partial charge in [-0.1, -0.05) is 6.07 Å². The van der Waals surface area contributed by atoms with E-state index in [9.17, 15) is 4.79 Å². The van der Waals surface area contributed by atoms with Gasteiger partial charge in [0.2, 0.25) is 0 Å². The van der Waals surface area contributed by atoms with Gasteiger partial charge in [0.15, 0.2) is 0 Å². The van der Waals surface area contributed by atoms with Crippen molar-refractivity contribution in [3.63, 3.8) is 0 Å². The number of H-pyrrole nitrogens is 1.